The van der Waals surface area contributed by atoms with Crippen molar-refractivity contribution in [1.82, 2.24) is 4.90 Å². The fourth-order valence-electron chi connectivity index (χ4n) is 4.76. The third-order valence-electron chi connectivity index (χ3n) is 6.41. The van der Waals surface area contributed by atoms with Gasteiger partial charge in [-0.05, 0) is 49.4 Å². The molecule has 1 amide bonds. The highest BCUT2D eigenvalue weighted by molar-refractivity contribution is 6.20. The summed E-state index contributed by atoms with van der Waals surface area (Å²) in [5.74, 6) is 0.951. The molecule has 1 saturated carbocycles. The van der Waals surface area contributed by atoms with E-state index in [1.54, 1.807) is 4.90 Å². The summed E-state index contributed by atoms with van der Waals surface area (Å²) >= 11 is 0. The Labute approximate surface area is 144 Å². The molecule has 4 nitrogen and oxygen atoms in total. The SMILES string of the molecule is CC(=O)C1=C(O)[C@H](CC(C)C)N(CC2=CCC3CC2C3(C)C)C1=O. The zero-order valence-corrected chi connectivity index (χ0v) is 15.4. The highest BCUT2D eigenvalue weighted by Gasteiger charge is 2.52. The van der Waals surface area contributed by atoms with Crippen LogP contribution in [-0.4, -0.2) is 34.3 Å². The van der Waals surface area contributed by atoms with Crippen LogP contribution in [0.25, 0.3) is 0 Å². The van der Waals surface area contributed by atoms with Crippen LogP contribution in [0.5, 0.6) is 0 Å². The number of allylic oxidation sites excluding steroid dienone is 1. The van der Waals surface area contributed by atoms with E-state index in [0.717, 1.165) is 12.3 Å². The summed E-state index contributed by atoms with van der Waals surface area (Å²) in [5, 5.41) is 10.5. The molecule has 1 heterocycles. The number of ketones is 1. The molecule has 1 fully saturated rings. The van der Waals surface area contributed by atoms with Crippen LogP contribution in [0.4, 0.5) is 0 Å². The Hall–Kier alpha value is -1.58. The van der Waals surface area contributed by atoms with Gasteiger partial charge >= 0.3 is 0 Å². The molecule has 0 aromatic rings. The van der Waals surface area contributed by atoms with E-state index >= 15 is 0 Å². The molecule has 0 radical (unpaired) electrons. The smallest absolute Gasteiger partial charge is 0.261 e. The van der Waals surface area contributed by atoms with Gasteiger partial charge in [0.2, 0.25) is 0 Å². The summed E-state index contributed by atoms with van der Waals surface area (Å²) in [6, 6.07) is -0.363. The van der Waals surface area contributed by atoms with Crippen LogP contribution in [0.2, 0.25) is 0 Å². The zero-order chi connectivity index (χ0) is 17.8. The number of aliphatic hydroxyl groups is 1. The van der Waals surface area contributed by atoms with E-state index in [9.17, 15) is 14.7 Å². The maximum absolute atomic E-state index is 12.8. The van der Waals surface area contributed by atoms with Crippen molar-refractivity contribution < 1.29 is 14.7 Å². The van der Waals surface area contributed by atoms with E-state index in [4.69, 9.17) is 0 Å². The normalized spacial score (nSPS) is 31.4. The predicted molar refractivity (Wildman–Crippen MR) is 93.4 cm³/mol. The van der Waals surface area contributed by atoms with Gasteiger partial charge in [0.25, 0.3) is 5.91 Å². The monoisotopic (exact) mass is 331 g/mol. The lowest BCUT2D eigenvalue weighted by atomic mass is 9.49. The average Bonchev–Trinajstić information content (AvgIpc) is 2.70. The highest BCUT2D eigenvalue weighted by atomic mass is 16.3. The summed E-state index contributed by atoms with van der Waals surface area (Å²) in [7, 11) is 0. The van der Waals surface area contributed by atoms with Crippen LogP contribution in [-0.2, 0) is 9.59 Å². The number of carbonyl (C=O) groups excluding carboxylic acids is 2. The molecule has 0 aromatic carbocycles. The third kappa shape index (κ3) is 2.51. The summed E-state index contributed by atoms with van der Waals surface area (Å²) in [6.07, 6.45) is 5.24. The topological polar surface area (TPSA) is 57.6 Å². The molecular formula is C20H29NO3. The molecule has 0 spiro atoms. The highest BCUT2D eigenvalue weighted by Crippen LogP contribution is 2.59. The second kappa shape index (κ2) is 5.75. The molecule has 2 bridgehead atoms. The Bertz CT molecular complexity index is 641. The van der Waals surface area contributed by atoms with Gasteiger partial charge in [-0.15, -0.1) is 0 Å². The fourth-order valence-corrected chi connectivity index (χ4v) is 4.76. The molecule has 4 rings (SSSR count). The standard InChI is InChI=1S/C20H29NO3/c1-11(2)8-16-18(23)17(12(3)22)19(24)21(16)10-13-6-7-14-9-15(13)20(14,4)5/h6,11,14-16,23H,7-10H2,1-5H3/t14?,15?,16-/m0/s1. The second-order valence-electron chi connectivity index (χ2n) is 8.72. The number of carbonyl (C=O) groups is 2. The average molecular weight is 331 g/mol. The first-order chi connectivity index (χ1) is 11.1. The van der Waals surface area contributed by atoms with Gasteiger partial charge in [0, 0.05) is 6.54 Å². The van der Waals surface area contributed by atoms with Crippen molar-refractivity contribution >= 4 is 11.7 Å². The van der Waals surface area contributed by atoms with Gasteiger partial charge in [0.1, 0.15) is 11.3 Å². The quantitative estimate of drug-likeness (QED) is 0.618. The van der Waals surface area contributed by atoms with Crippen molar-refractivity contribution in [2.24, 2.45) is 23.2 Å². The van der Waals surface area contributed by atoms with Gasteiger partial charge in [-0.3, -0.25) is 9.59 Å². The van der Waals surface area contributed by atoms with E-state index in [-0.39, 0.29) is 29.1 Å². The summed E-state index contributed by atoms with van der Waals surface area (Å²) < 4.78 is 0. The lowest BCUT2D eigenvalue weighted by Crippen LogP contribution is -2.51. The van der Waals surface area contributed by atoms with Gasteiger partial charge in [-0.1, -0.05) is 39.3 Å². The third-order valence-corrected chi connectivity index (χ3v) is 6.41. The molecule has 0 aromatic heterocycles. The van der Waals surface area contributed by atoms with Crippen molar-refractivity contribution in [2.75, 3.05) is 6.54 Å². The van der Waals surface area contributed by atoms with Crippen molar-refractivity contribution in [2.45, 2.75) is 59.9 Å². The minimum Gasteiger partial charge on any atom is -0.509 e. The minimum absolute atomic E-state index is 0.0113. The second-order valence-corrected chi connectivity index (χ2v) is 8.72. The molecule has 132 valence electrons. The van der Waals surface area contributed by atoms with Crippen molar-refractivity contribution in [3.8, 4) is 0 Å². The van der Waals surface area contributed by atoms with Gasteiger partial charge in [0.15, 0.2) is 5.78 Å². The molecular weight excluding hydrogens is 302 g/mol. The van der Waals surface area contributed by atoms with E-state index < -0.39 is 0 Å². The van der Waals surface area contributed by atoms with Crippen molar-refractivity contribution in [1.29, 1.82) is 0 Å². The first kappa shape index (κ1) is 17.2. The molecule has 4 heteroatoms. The molecule has 4 aliphatic rings. The van der Waals surface area contributed by atoms with E-state index in [1.807, 2.05) is 0 Å². The Morgan fingerprint density at radius 1 is 1.42 bits per heavy atom. The molecule has 0 saturated heterocycles. The number of amides is 1. The predicted octanol–water partition coefficient (Wildman–Crippen LogP) is 3.64. The summed E-state index contributed by atoms with van der Waals surface area (Å²) in [5.41, 5.74) is 1.60. The summed E-state index contributed by atoms with van der Waals surface area (Å²) in [6.45, 7) is 10.7. The van der Waals surface area contributed by atoms with Crippen LogP contribution in [0.1, 0.15) is 53.9 Å². The Kier molecular flexibility index (Phi) is 4.13. The Morgan fingerprint density at radius 2 is 2.08 bits per heavy atom. The lowest BCUT2D eigenvalue weighted by molar-refractivity contribution is -0.129. The lowest BCUT2D eigenvalue weighted by Gasteiger charge is -2.57. The van der Waals surface area contributed by atoms with E-state index in [0.29, 0.717) is 30.2 Å². The molecule has 3 atom stereocenters. The molecule has 1 N–H and O–H groups in total. The fraction of sp³-hybridized carbons (Fsp3) is 0.700. The molecule has 24 heavy (non-hydrogen) atoms. The number of rotatable bonds is 5. The zero-order valence-electron chi connectivity index (χ0n) is 15.4. The number of Topliss-reactive ketones (excluding diaryl/α,β-unsaturated/α-hetero) is 1. The maximum atomic E-state index is 12.8. The number of aliphatic hydroxyl groups excluding tert-OH is 1. The summed E-state index contributed by atoms with van der Waals surface area (Å²) in [4.78, 5) is 26.3. The Morgan fingerprint density at radius 3 is 2.58 bits per heavy atom. The van der Waals surface area contributed by atoms with Gasteiger partial charge in [-0.25, -0.2) is 0 Å². The van der Waals surface area contributed by atoms with E-state index in [2.05, 4.69) is 33.8 Å². The van der Waals surface area contributed by atoms with Crippen LogP contribution in [0, 0.1) is 23.2 Å². The van der Waals surface area contributed by atoms with Crippen LogP contribution >= 0.6 is 0 Å². The van der Waals surface area contributed by atoms with Crippen LogP contribution in [0.3, 0.4) is 0 Å². The minimum atomic E-state index is -0.363. The van der Waals surface area contributed by atoms with Crippen molar-refractivity contribution in [3.63, 3.8) is 0 Å². The van der Waals surface area contributed by atoms with Gasteiger partial charge in [0.05, 0.1) is 6.04 Å². The number of fused-ring (bicyclic) bond motifs is 1. The molecule has 2 unspecified atom stereocenters. The first-order valence-electron chi connectivity index (χ1n) is 9.08. The first-order valence-corrected chi connectivity index (χ1v) is 9.08. The largest absolute Gasteiger partial charge is 0.509 e. The number of nitrogens with zero attached hydrogens (tertiary/aromatic N) is 1. The van der Waals surface area contributed by atoms with E-state index in [1.165, 1.54) is 18.9 Å². The van der Waals surface area contributed by atoms with Gasteiger partial charge < -0.3 is 10.0 Å². The Balaban J connectivity index is 1.85. The number of hydrogen-bond donors (Lipinski definition) is 1. The maximum Gasteiger partial charge on any atom is 0.261 e. The van der Waals surface area contributed by atoms with Crippen LogP contribution < -0.4 is 0 Å². The van der Waals surface area contributed by atoms with Crippen molar-refractivity contribution in [3.05, 3.63) is 23.0 Å². The molecule has 3 aliphatic carbocycles. The number of hydrogen-bond acceptors (Lipinski definition) is 3. The van der Waals surface area contributed by atoms with Crippen LogP contribution in [0.15, 0.2) is 23.0 Å². The molecule has 1 aliphatic heterocycles. The van der Waals surface area contributed by atoms with Gasteiger partial charge in [-0.2, -0.15) is 0 Å².